The van der Waals surface area contributed by atoms with Crippen molar-refractivity contribution in [3.05, 3.63) is 11.3 Å². The number of Topliss-reactive ketones (excluding diaryl/α,β-unsaturated/α-hetero) is 1. The molecule has 2 aliphatic heterocycles. The third kappa shape index (κ3) is 1.48. The third-order valence-corrected chi connectivity index (χ3v) is 4.67. The molecule has 1 saturated heterocycles. The fourth-order valence-electron chi connectivity index (χ4n) is 3.67. The molecule has 2 atom stereocenters. The van der Waals surface area contributed by atoms with Crippen LogP contribution in [0.3, 0.4) is 0 Å². The summed E-state index contributed by atoms with van der Waals surface area (Å²) in [6.07, 6.45) is 5.43. The molecule has 0 aromatic rings. The molecule has 98 valence electrons. The van der Waals surface area contributed by atoms with Crippen molar-refractivity contribution >= 4 is 11.7 Å². The molecule has 0 aromatic carbocycles. The van der Waals surface area contributed by atoms with Gasteiger partial charge < -0.3 is 10.0 Å². The smallest absolute Gasteiger partial charge is 0.266 e. The quantitative estimate of drug-likeness (QED) is 0.714. The van der Waals surface area contributed by atoms with Crippen LogP contribution < -0.4 is 0 Å². The summed E-state index contributed by atoms with van der Waals surface area (Å²) < 4.78 is 0. The number of piperidine rings is 1. The predicted molar refractivity (Wildman–Crippen MR) is 65.6 cm³/mol. The van der Waals surface area contributed by atoms with Crippen molar-refractivity contribution in [1.29, 1.82) is 0 Å². The molecular weight excluding hydrogens is 230 g/mol. The molecule has 0 bridgehead atoms. The Morgan fingerprint density at radius 1 is 1.39 bits per heavy atom. The molecule has 1 aliphatic carbocycles. The standard InChI is InChI=1S/C14H19NO3/c1-9(16)14(18)8-11-6-5-10-4-2-3-7-15(12(10)11)13(14)17/h11,18H,2-8H2,1H3/t11-,14-/m1/s1. The van der Waals surface area contributed by atoms with E-state index in [1.807, 2.05) is 0 Å². The number of allylic oxidation sites excluding steroid dienone is 2. The van der Waals surface area contributed by atoms with Gasteiger partial charge in [0.05, 0.1) is 0 Å². The first-order valence-electron chi connectivity index (χ1n) is 6.81. The highest BCUT2D eigenvalue weighted by Gasteiger charge is 2.53. The van der Waals surface area contributed by atoms with E-state index in [1.165, 1.54) is 12.5 Å². The van der Waals surface area contributed by atoms with Crippen molar-refractivity contribution in [3.63, 3.8) is 0 Å². The Morgan fingerprint density at radius 3 is 2.89 bits per heavy atom. The summed E-state index contributed by atoms with van der Waals surface area (Å²) in [5.41, 5.74) is 0.758. The SMILES string of the molecule is CC(=O)[C@]1(O)C[C@H]2CCC3=C2N(CCCC3)C1=O. The van der Waals surface area contributed by atoms with Gasteiger partial charge in [-0.3, -0.25) is 9.59 Å². The molecule has 1 fully saturated rings. The van der Waals surface area contributed by atoms with Crippen LogP contribution in [0.2, 0.25) is 0 Å². The number of amides is 1. The van der Waals surface area contributed by atoms with E-state index in [-0.39, 0.29) is 18.2 Å². The highest BCUT2D eigenvalue weighted by atomic mass is 16.3. The van der Waals surface area contributed by atoms with E-state index in [1.54, 1.807) is 4.90 Å². The minimum Gasteiger partial charge on any atom is -0.373 e. The van der Waals surface area contributed by atoms with E-state index >= 15 is 0 Å². The van der Waals surface area contributed by atoms with E-state index in [0.717, 1.165) is 37.8 Å². The molecule has 18 heavy (non-hydrogen) atoms. The van der Waals surface area contributed by atoms with Gasteiger partial charge in [-0.05, 0) is 39.0 Å². The lowest BCUT2D eigenvalue weighted by Gasteiger charge is -2.41. The van der Waals surface area contributed by atoms with Gasteiger partial charge >= 0.3 is 0 Å². The van der Waals surface area contributed by atoms with E-state index in [2.05, 4.69) is 0 Å². The summed E-state index contributed by atoms with van der Waals surface area (Å²) >= 11 is 0. The van der Waals surface area contributed by atoms with Crippen LogP contribution in [0.25, 0.3) is 0 Å². The number of ketones is 1. The first kappa shape index (κ1) is 11.9. The molecule has 0 spiro atoms. The van der Waals surface area contributed by atoms with Crippen molar-refractivity contribution in [2.75, 3.05) is 6.54 Å². The number of carbonyl (C=O) groups excluding carboxylic acids is 2. The summed E-state index contributed by atoms with van der Waals surface area (Å²) in [6, 6.07) is 0. The second kappa shape index (κ2) is 3.92. The lowest BCUT2D eigenvalue weighted by molar-refractivity contribution is -0.163. The number of carbonyl (C=O) groups is 2. The average molecular weight is 249 g/mol. The van der Waals surface area contributed by atoms with Crippen molar-refractivity contribution < 1.29 is 14.7 Å². The Hall–Kier alpha value is -1.16. The largest absolute Gasteiger partial charge is 0.373 e. The van der Waals surface area contributed by atoms with E-state index in [9.17, 15) is 14.7 Å². The molecular formula is C14H19NO3. The maximum Gasteiger partial charge on any atom is 0.266 e. The molecule has 4 nitrogen and oxygen atoms in total. The summed E-state index contributed by atoms with van der Waals surface area (Å²) in [5.74, 6) is -0.600. The van der Waals surface area contributed by atoms with Crippen LogP contribution in [-0.4, -0.2) is 33.8 Å². The molecule has 3 rings (SSSR count). The van der Waals surface area contributed by atoms with Crippen LogP contribution in [-0.2, 0) is 9.59 Å². The lowest BCUT2D eigenvalue weighted by atomic mass is 9.80. The summed E-state index contributed by atoms with van der Waals surface area (Å²) in [7, 11) is 0. The third-order valence-electron chi connectivity index (χ3n) is 4.67. The first-order valence-corrected chi connectivity index (χ1v) is 6.81. The van der Waals surface area contributed by atoms with Crippen LogP contribution in [0.4, 0.5) is 0 Å². The predicted octanol–water partition coefficient (Wildman–Crippen LogP) is 1.39. The zero-order chi connectivity index (χ0) is 12.9. The van der Waals surface area contributed by atoms with Gasteiger partial charge in [-0.2, -0.15) is 0 Å². The van der Waals surface area contributed by atoms with Gasteiger partial charge in [0.2, 0.25) is 5.60 Å². The molecule has 0 aromatic heterocycles. The highest BCUT2D eigenvalue weighted by molar-refractivity contribution is 6.09. The van der Waals surface area contributed by atoms with Gasteiger partial charge in [0, 0.05) is 24.6 Å². The molecule has 4 heteroatoms. The molecule has 3 aliphatic rings. The maximum absolute atomic E-state index is 12.4. The number of hydrogen-bond donors (Lipinski definition) is 1. The Morgan fingerprint density at radius 2 is 2.17 bits per heavy atom. The van der Waals surface area contributed by atoms with Gasteiger partial charge in [-0.25, -0.2) is 0 Å². The molecule has 0 unspecified atom stereocenters. The second-order valence-electron chi connectivity index (χ2n) is 5.76. The van der Waals surface area contributed by atoms with Crippen LogP contribution in [0.5, 0.6) is 0 Å². The van der Waals surface area contributed by atoms with Crippen LogP contribution in [0, 0.1) is 5.92 Å². The van der Waals surface area contributed by atoms with E-state index in [0.29, 0.717) is 6.54 Å². The Kier molecular flexibility index (Phi) is 2.59. The minimum absolute atomic E-state index is 0.199. The number of hydrogen-bond acceptors (Lipinski definition) is 3. The number of aliphatic hydroxyl groups is 1. The van der Waals surface area contributed by atoms with Crippen molar-refractivity contribution in [1.82, 2.24) is 4.90 Å². The van der Waals surface area contributed by atoms with Gasteiger partial charge in [0.1, 0.15) is 0 Å². The van der Waals surface area contributed by atoms with Crippen LogP contribution in [0.15, 0.2) is 11.3 Å². The lowest BCUT2D eigenvalue weighted by Crippen LogP contribution is -2.58. The summed E-state index contributed by atoms with van der Waals surface area (Å²) in [4.78, 5) is 25.8. The fraction of sp³-hybridized carbons (Fsp3) is 0.714. The summed E-state index contributed by atoms with van der Waals surface area (Å²) in [5, 5.41) is 10.4. The van der Waals surface area contributed by atoms with Crippen LogP contribution in [0.1, 0.15) is 45.4 Å². The van der Waals surface area contributed by atoms with E-state index < -0.39 is 11.4 Å². The maximum atomic E-state index is 12.4. The minimum atomic E-state index is -1.77. The average Bonchev–Trinajstić information content (AvgIpc) is 2.59. The van der Waals surface area contributed by atoms with Gasteiger partial charge in [-0.1, -0.05) is 5.57 Å². The van der Waals surface area contributed by atoms with Crippen LogP contribution >= 0.6 is 0 Å². The summed E-state index contributed by atoms with van der Waals surface area (Å²) in [6.45, 7) is 1.98. The van der Waals surface area contributed by atoms with Gasteiger partial charge in [0.15, 0.2) is 5.78 Å². The first-order chi connectivity index (χ1) is 8.54. The Labute approximate surface area is 107 Å². The van der Waals surface area contributed by atoms with Crippen molar-refractivity contribution in [3.8, 4) is 0 Å². The molecule has 1 N–H and O–H groups in total. The Bertz CT molecular complexity index is 454. The monoisotopic (exact) mass is 249 g/mol. The zero-order valence-electron chi connectivity index (χ0n) is 10.7. The topological polar surface area (TPSA) is 57.6 Å². The molecule has 0 radical (unpaired) electrons. The number of nitrogens with zero attached hydrogens (tertiary/aromatic N) is 1. The second-order valence-corrected chi connectivity index (χ2v) is 5.76. The van der Waals surface area contributed by atoms with Crippen molar-refractivity contribution in [2.24, 2.45) is 5.92 Å². The van der Waals surface area contributed by atoms with E-state index in [4.69, 9.17) is 0 Å². The van der Waals surface area contributed by atoms with Gasteiger partial charge in [-0.15, -0.1) is 0 Å². The zero-order valence-corrected chi connectivity index (χ0v) is 10.7. The highest BCUT2D eigenvalue weighted by Crippen LogP contribution is 2.46. The molecule has 2 heterocycles. The van der Waals surface area contributed by atoms with Crippen molar-refractivity contribution in [2.45, 2.75) is 51.0 Å². The van der Waals surface area contributed by atoms with Gasteiger partial charge in [0.25, 0.3) is 5.91 Å². The Balaban J connectivity index is 2.04. The fourth-order valence-corrected chi connectivity index (χ4v) is 3.67. The number of rotatable bonds is 1. The molecule has 1 amide bonds. The molecule has 0 saturated carbocycles. The normalized spacial score (nSPS) is 35.6.